The third-order valence-electron chi connectivity index (χ3n) is 3.40. The quantitative estimate of drug-likeness (QED) is 0.714. The van der Waals surface area contributed by atoms with E-state index in [2.05, 4.69) is 52.2 Å². The van der Waals surface area contributed by atoms with Crippen molar-refractivity contribution in [2.75, 3.05) is 6.61 Å². The van der Waals surface area contributed by atoms with E-state index in [9.17, 15) is 0 Å². The summed E-state index contributed by atoms with van der Waals surface area (Å²) in [6.07, 6.45) is 1.06. The topological polar surface area (TPSA) is 9.23 Å². The molecule has 0 N–H and O–H groups in total. The molecule has 16 heavy (non-hydrogen) atoms. The summed E-state index contributed by atoms with van der Waals surface area (Å²) in [6.45, 7) is 14.5. The molecule has 0 aromatic carbocycles. The van der Waals surface area contributed by atoms with Crippen molar-refractivity contribution in [1.29, 1.82) is 0 Å². The van der Waals surface area contributed by atoms with E-state index >= 15 is 0 Å². The van der Waals surface area contributed by atoms with E-state index in [1.54, 1.807) is 0 Å². The first-order chi connectivity index (χ1) is 7.22. The zero-order valence-corrected chi connectivity index (χ0v) is 13.2. The maximum atomic E-state index is 6.15. The Labute approximate surface area is 105 Å². The normalized spacial score (nSPS) is 13.1. The molecule has 0 fully saturated rings. The molecule has 1 heterocycles. The molecule has 0 radical (unpaired) electrons. The largest absolute Gasteiger partial charge is 0.416 e. The van der Waals surface area contributed by atoms with Crippen LogP contribution < -0.4 is 0 Å². The molecular weight excluding hydrogens is 232 g/mol. The number of aryl methyl sites for hydroxylation is 1. The van der Waals surface area contributed by atoms with Gasteiger partial charge in [-0.05, 0) is 42.1 Å². The first kappa shape index (κ1) is 13.9. The van der Waals surface area contributed by atoms with Gasteiger partial charge in [-0.3, -0.25) is 0 Å². The van der Waals surface area contributed by atoms with Crippen LogP contribution in [-0.4, -0.2) is 14.9 Å². The average Bonchev–Trinajstić information content (AvgIpc) is 2.49. The van der Waals surface area contributed by atoms with Crippen molar-refractivity contribution < 1.29 is 4.43 Å². The Balaban J connectivity index is 2.41. The van der Waals surface area contributed by atoms with E-state index in [1.165, 1.54) is 10.4 Å². The van der Waals surface area contributed by atoms with E-state index in [-0.39, 0.29) is 0 Å². The molecule has 1 rings (SSSR count). The van der Waals surface area contributed by atoms with Crippen molar-refractivity contribution in [2.45, 2.75) is 52.2 Å². The molecule has 0 bridgehead atoms. The van der Waals surface area contributed by atoms with Crippen LogP contribution in [0.3, 0.4) is 0 Å². The number of hydrogen-bond donors (Lipinski definition) is 0. The van der Waals surface area contributed by atoms with Gasteiger partial charge in [0.25, 0.3) is 0 Å². The molecule has 0 saturated heterocycles. The highest BCUT2D eigenvalue weighted by Gasteiger charge is 2.36. The first-order valence-electron chi connectivity index (χ1n) is 5.90. The van der Waals surface area contributed by atoms with E-state index < -0.39 is 8.32 Å². The van der Waals surface area contributed by atoms with Crippen molar-refractivity contribution in [3.05, 3.63) is 21.9 Å². The Hall–Kier alpha value is -0.123. The summed E-state index contributed by atoms with van der Waals surface area (Å²) in [7, 11) is -1.55. The zero-order valence-electron chi connectivity index (χ0n) is 11.4. The van der Waals surface area contributed by atoms with E-state index in [1.807, 2.05) is 11.3 Å². The van der Waals surface area contributed by atoms with Crippen molar-refractivity contribution in [1.82, 2.24) is 0 Å². The maximum absolute atomic E-state index is 6.15. The minimum Gasteiger partial charge on any atom is -0.416 e. The van der Waals surface area contributed by atoms with Gasteiger partial charge in [0.05, 0.1) is 0 Å². The highest BCUT2D eigenvalue weighted by Crippen LogP contribution is 2.36. The highest BCUT2D eigenvalue weighted by atomic mass is 32.1. The van der Waals surface area contributed by atoms with E-state index in [0.29, 0.717) is 5.04 Å². The Morgan fingerprint density at radius 3 is 2.38 bits per heavy atom. The predicted octanol–water partition coefficient (Wildman–Crippen LogP) is 4.62. The third-order valence-corrected chi connectivity index (χ3v) is 9.05. The Bertz CT molecular complexity index is 336. The SMILES string of the molecule is Cc1csc(CCO[Si](C)(C)C(C)(C)C)c1. The standard InChI is InChI=1S/C13H24OSSi/c1-11-9-12(15-10-11)7-8-14-16(5,6)13(2,3)4/h9-10H,7-8H2,1-6H3. The molecule has 0 unspecified atom stereocenters. The second-order valence-electron chi connectivity index (χ2n) is 5.95. The molecule has 0 saturated carbocycles. The van der Waals surface area contributed by atoms with Crippen LogP contribution in [0, 0.1) is 6.92 Å². The fraction of sp³-hybridized carbons (Fsp3) is 0.692. The van der Waals surface area contributed by atoms with Gasteiger partial charge >= 0.3 is 0 Å². The van der Waals surface area contributed by atoms with E-state index in [4.69, 9.17) is 4.43 Å². The predicted molar refractivity (Wildman–Crippen MR) is 75.9 cm³/mol. The Morgan fingerprint density at radius 1 is 1.31 bits per heavy atom. The van der Waals surface area contributed by atoms with Gasteiger partial charge in [-0.15, -0.1) is 11.3 Å². The summed E-state index contributed by atoms with van der Waals surface area (Å²) in [5, 5.41) is 2.53. The Kier molecular flexibility index (Phi) is 4.38. The fourth-order valence-corrected chi connectivity index (χ4v) is 3.15. The van der Waals surface area contributed by atoms with Gasteiger partial charge in [0.15, 0.2) is 8.32 Å². The lowest BCUT2D eigenvalue weighted by Crippen LogP contribution is -2.41. The number of rotatable bonds is 4. The molecule has 1 aromatic rings. The van der Waals surface area contributed by atoms with Crippen molar-refractivity contribution in [3.63, 3.8) is 0 Å². The van der Waals surface area contributed by atoms with Crippen molar-refractivity contribution in [3.8, 4) is 0 Å². The molecule has 1 nitrogen and oxygen atoms in total. The highest BCUT2D eigenvalue weighted by molar-refractivity contribution is 7.10. The smallest absolute Gasteiger partial charge is 0.191 e. The summed E-state index contributed by atoms with van der Waals surface area (Å²) >= 11 is 1.84. The molecule has 92 valence electrons. The van der Waals surface area contributed by atoms with Gasteiger partial charge in [-0.1, -0.05) is 20.8 Å². The lowest BCUT2D eigenvalue weighted by atomic mass is 10.2. The van der Waals surface area contributed by atoms with Gasteiger partial charge in [0.1, 0.15) is 0 Å². The molecule has 0 amide bonds. The summed E-state index contributed by atoms with van der Waals surface area (Å²) in [5.41, 5.74) is 1.37. The summed E-state index contributed by atoms with van der Waals surface area (Å²) in [6, 6.07) is 2.26. The maximum Gasteiger partial charge on any atom is 0.191 e. The average molecular weight is 256 g/mol. The van der Waals surface area contributed by atoms with Gasteiger partial charge < -0.3 is 4.43 Å². The Morgan fingerprint density at radius 2 is 1.94 bits per heavy atom. The number of thiophene rings is 1. The second-order valence-corrected chi connectivity index (χ2v) is 11.8. The number of hydrogen-bond acceptors (Lipinski definition) is 2. The van der Waals surface area contributed by atoms with Crippen LogP contribution in [0.4, 0.5) is 0 Å². The molecule has 1 aromatic heterocycles. The van der Waals surface area contributed by atoms with Crippen LogP contribution in [0.1, 0.15) is 31.2 Å². The van der Waals surface area contributed by atoms with Gasteiger partial charge in [0, 0.05) is 17.9 Å². The lowest BCUT2D eigenvalue weighted by molar-refractivity contribution is 0.293. The van der Waals surface area contributed by atoms with Gasteiger partial charge in [0.2, 0.25) is 0 Å². The lowest BCUT2D eigenvalue weighted by Gasteiger charge is -2.36. The van der Waals surface area contributed by atoms with Gasteiger partial charge in [-0.25, -0.2) is 0 Å². The third kappa shape index (κ3) is 3.72. The van der Waals surface area contributed by atoms with Crippen LogP contribution in [0.15, 0.2) is 11.4 Å². The minimum absolute atomic E-state index is 0.318. The van der Waals surface area contributed by atoms with Crippen molar-refractivity contribution in [2.24, 2.45) is 0 Å². The molecular formula is C13H24OSSi. The van der Waals surface area contributed by atoms with Crippen LogP contribution in [0.5, 0.6) is 0 Å². The molecule has 0 aliphatic rings. The summed E-state index contributed by atoms with van der Waals surface area (Å²) < 4.78 is 6.15. The van der Waals surface area contributed by atoms with Crippen LogP contribution >= 0.6 is 11.3 Å². The fourth-order valence-electron chi connectivity index (χ4n) is 1.24. The van der Waals surface area contributed by atoms with Crippen LogP contribution in [0.2, 0.25) is 18.1 Å². The molecule has 0 spiro atoms. The first-order valence-corrected chi connectivity index (χ1v) is 9.69. The summed E-state index contributed by atoms with van der Waals surface area (Å²) in [4.78, 5) is 1.44. The van der Waals surface area contributed by atoms with Gasteiger partial charge in [-0.2, -0.15) is 0 Å². The monoisotopic (exact) mass is 256 g/mol. The molecule has 3 heteroatoms. The van der Waals surface area contributed by atoms with Crippen LogP contribution in [-0.2, 0) is 10.8 Å². The summed E-state index contributed by atoms with van der Waals surface area (Å²) in [5.74, 6) is 0. The van der Waals surface area contributed by atoms with Crippen molar-refractivity contribution >= 4 is 19.7 Å². The molecule has 0 aliphatic carbocycles. The zero-order chi connectivity index (χ0) is 12.4. The van der Waals surface area contributed by atoms with E-state index in [0.717, 1.165) is 13.0 Å². The second kappa shape index (κ2) is 5.03. The van der Waals surface area contributed by atoms with Crippen LogP contribution in [0.25, 0.3) is 0 Å². The molecule has 0 aliphatic heterocycles. The minimum atomic E-state index is -1.55. The molecule has 0 atom stereocenters.